The minimum atomic E-state index is -2.89. The molecule has 3 aliphatic rings. The second-order valence-electron chi connectivity index (χ2n) is 8.79. The van der Waals surface area contributed by atoms with Gasteiger partial charge in [-0.15, -0.1) is 0 Å². The zero-order valence-corrected chi connectivity index (χ0v) is 17.6. The number of fused-ring (bicyclic) bond motifs is 3. The monoisotopic (exact) mass is 444 g/mol. The first-order valence-corrected chi connectivity index (χ1v) is 10.0. The van der Waals surface area contributed by atoms with Gasteiger partial charge in [0.2, 0.25) is 5.78 Å². The Labute approximate surface area is 182 Å². The van der Waals surface area contributed by atoms with Gasteiger partial charge in [-0.1, -0.05) is 19.1 Å². The van der Waals surface area contributed by atoms with Crippen LogP contribution in [0.15, 0.2) is 35.1 Å². The number of rotatable bonds is 2. The molecule has 1 aromatic carbocycles. The predicted molar refractivity (Wildman–Crippen MR) is 110 cm³/mol. The molecule has 1 amide bonds. The Bertz CT molecular complexity index is 1140. The molecule has 0 unspecified atom stereocenters. The number of benzene rings is 1. The molecule has 0 aromatic heterocycles. The number of primary amides is 1. The van der Waals surface area contributed by atoms with Crippen LogP contribution in [0.3, 0.4) is 0 Å². The van der Waals surface area contributed by atoms with E-state index in [9.17, 15) is 39.9 Å². The number of ketones is 2. The highest BCUT2D eigenvalue weighted by Gasteiger charge is 2.68. The van der Waals surface area contributed by atoms with Crippen molar-refractivity contribution >= 4 is 23.2 Å². The molecular formula is C22H24N2O8. The Hall–Kier alpha value is -3.21. The largest absolute Gasteiger partial charge is 0.508 e. The number of nitrogens with zero attached hydrogens (tertiary/aromatic N) is 1. The lowest BCUT2D eigenvalue weighted by atomic mass is 9.54. The number of hydrogen-bond acceptors (Lipinski definition) is 9. The van der Waals surface area contributed by atoms with Crippen LogP contribution in [0.5, 0.6) is 5.75 Å². The third-order valence-corrected chi connectivity index (χ3v) is 6.99. The van der Waals surface area contributed by atoms with Crippen molar-refractivity contribution in [2.75, 3.05) is 14.1 Å². The zero-order chi connectivity index (χ0) is 23.9. The van der Waals surface area contributed by atoms with Gasteiger partial charge in [-0.2, -0.15) is 0 Å². The number of phenolic OH excluding ortho intramolecular Hbond substituents is 1. The van der Waals surface area contributed by atoms with Crippen LogP contribution in [0.2, 0.25) is 0 Å². The summed E-state index contributed by atoms with van der Waals surface area (Å²) in [6, 6.07) is 3.13. The second kappa shape index (κ2) is 6.89. The second-order valence-corrected chi connectivity index (χ2v) is 8.79. The van der Waals surface area contributed by atoms with Gasteiger partial charge in [-0.25, -0.2) is 0 Å². The van der Waals surface area contributed by atoms with Crippen LogP contribution < -0.4 is 5.73 Å². The molecule has 32 heavy (non-hydrogen) atoms. The Balaban J connectivity index is 2.07. The molecule has 1 saturated carbocycles. The molecule has 6 atom stereocenters. The molecule has 1 aromatic rings. The third-order valence-electron chi connectivity index (χ3n) is 6.99. The minimum Gasteiger partial charge on any atom is -0.508 e. The highest BCUT2D eigenvalue weighted by Crippen LogP contribution is 2.55. The summed E-state index contributed by atoms with van der Waals surface area (Å²) in [5, 5.41) is 54.9. The number of amides is 1. The van der Waals surface area contributed by atoms with E-state index in [1.54, 1.807) is 19.1 Å². The van der Waals surface area contributed by atoms with Crippen LogP contribution in [0.25, 0.3) is 5.76 Å². The topological polar surface area (TPSA) is 182 Å². The van der Waals surface area contributed by atoms with E-state index < -0.39 is 75.6 Å². The molecular weight excluding hydrogens is 420 g/mol. The maximum Gasteiger partial charge on any atom is 0.255 e. The summed E-state index contributed by atoms with van der Waals surface area (Å²) in [6.07, 6.45) is -1.59. The normalized spacial score (nSPS) is 34.4. The molecule has 1 fully saturated rings. The van der Waals surface area contributed by atoms with E-state index in [0.29, 0.717) is 5.56 Å². The number of aliphatic hydroxyl groups excluding tert-OH is 3. The zero-order valence-electron chi connectivity index (χ0n) is 17.6. The first kappa shape index (κ1) is 22.0. The fourth-order valence-electron chi connectivity index (χ4n) is 5.58. The van der Waals surface area contributed by atoms with Gasteiger partial charge in [-0.3, -0.25) is 19.3 Å². The van der Waals surface area contributed by atoms with Crippen LogP contribution in [-0.4, -0.2) is 79.7 Å². The van der Waals surface area contributed by atoms with Crippen molar-refractivity contribution in [3.63, 3.8) is 0 Å². The fraction of sp³-hybridized carbons (Fsp3) is 0.409. The summed E-state index contributed by atoms with van der Waals surface area (Å²) in [5.41, 5.74) is 1.47. The van der Waals surface area contributed by atoms with Gasteiger partial charge in [0.15, 0.2) is 11.4 Å². The number of likely N-dealkylation sites (N-methyl/N-ethyl adjacent to an activating group) is 1. The molecule has 0 aliphatic heterocycles. The number of hydrogen-bond donors (Lipinski definition) is 6. The number of carbonyl (C=O) groups excluding carboxylic acids is 3. The maximum atomic E-state index is 13.7. The van der Waals surface area contributed by atoms with Crippen LogP contribution in [0, 0.1) is 11.8 Å². The Morgan fingerprint density at radius 3 is 2.34 bits per heavy atom. The van der Waals surface area contributed by atoms with Crippen molar-refractivity contribution in [2.24, 2.45) is 17.6 Å². The van der Waals surface area contributed by atoms with E-state index in [4.69, 9.17) is 5.73 Å². The van der Waals surface area contributed by atoms with Crippen molar-refractivity contribution in [1.29, 1.82) is 0 Å². The molecule has 0 saturated heterocycles. The lowest BCUT2D eigenvalue weighted by Gasteiger charge is -2.53. The Morgan fingerprint density at radius 2 is 1.78 bits per heavy atom. The molecule has 0 spiro atoms. The first-order valence-electron chi connectivity index (χ1n) is 10.0. The summed E-state index contributed by atoms with van der Waals surface area (Å²) < 4.78 is 0. The number of carbonyl (C=O) groups is 3. The molecule has 170 valence electrons. The van der Waals surface area contributed by atoms with Crippen LogP contribution in [0.1, 0.15) is 24.0 Å². The molecule has 3 aliphatic carbocycles. The van der Waals surface area contributed by atoms with Gasteiger partial charge in [0, 0.05) is 11.5 Å². The minimum absolute atomic E-state index is 0.0245. The SMILES string of the molecule is C[C@H]1c2cccc(O)c2C(O)=C2C(=O)[C@]3(O)C(O)=C(C(N)=O)C(=O)[C@@H](N(C)C)[C@H]3[C@@H](O)[C@@H]21. The van der Waals surface area contributed by atoms with E-state index in [-0.39, 0.29) is 11.3 Å². The summed E-state index contributed by atoms with van der Waals surface area (Å²) in [4.78, 5) is 40.0. The summed E-state index contributed by atoms with van der Waals surface area (Å²) >= 11 is 0. The van der Waals surface area contributed by atoms with E-state index in [2.05, 4.69) is 0 Å². The highest BCUT2D eigenvalue weighted by molar-refractivity contribution is 6.24. The van der Waals surface area contributed by atoms with Gasteiger partial charge in [-0.05, 0) is 31.6 Å². The summed E-state index contributed by atoms with van der Waals surface area (Å²) in [6.45, 7) is 1.68. The van der Waals surface area contributed by atoms with Crippen LogP contribution in [-0.2, 0) is 14.4 Å². The molecule has 0 radical (unpaired) electrons. The summed E-state index contributed by atoms with van der Waals surface area (Å²) in [5.74, 6) is -8.87. The number of phenols is 1. The van der Waals surface area contributed by atoms with Gasteiger partial charge in [0.05, 0.1) is 23.6 Å². The first-order chi connectivity index (χ1) is 14.9. The summed E-state index contributed by atoms with van der Waals surface area (Å²) in [7, 11) is 2.92. The molecule has 10 heteroatoms. The van der Waals surface area contributed by atoms with E-state index >= 15 is 0 Å². The predicted octanol–water partition coefficient (Wildman–Crippen LogP) is -0.504. The van der Waals surface area contributed by atoms with Crippen molar-refractivity contribution in [3.8, 4) is 5.75 Å². The van der Waals surface area contributed by atoms with Crippen LogP contribution in [0.4, 0.5) is 0 Å². The quantitative estimate of drug-likeness (QED) is 0.327. The van der Waals surface area contributed by atoms with Crippen molar-refractivity contribution in [3.05, 3.63) is 46.2 Å². The molecule has 10 nitrogen and oxygen atoms in total. The number of Topliss-reactive ketones (excluding diaryl/α,β-unsaturated/α-hetero) is 2. The standard InChI is InChI=1S/C22H24N2O8/c1-7-8-5-4-6-9(25)11(8)16(26)12-10(7)17(27)14-15(24(2)3)18(28)13(21(23)31)20(30)22(14,32)19(12)29/h4-7,10,14-15,17,25-27,30,32H,1-3H3,(H2,23,31)/t7-,10+,14-,15-,17-,22-/m0/s1. The van der Waals surface area contributed by atoms with Crippen molar-refractivity contribution in [1.82, 2.24) is 4.90 Å². The third kappa shape index (κ3) is 2.48. The average Bonchev–Trinajstić information content (AvgIpc) is 2.70. The number of nitrogens with two attached hydrogens (primary N) is 1. The molecule has 4 rings (SSSR count). The number of aromatic hydroxyl groups is 1. The molecule has 0 heterocycles. The average molecular weight is 444 g/mol. The molecule has 0 bridgehead atoms. The lowest BCUT2D eigenvalue weighted by molar-refractivity contribution is -0.169. The smallest absolute Gasteiger partial charge is 0.255 e. The number of aliphatic hydroxyl groups is 4. The highest BCUT2D eigenvalue weighted by atomic mass is 16.4. The Kier molecular flexibility index (Phi) is 4.74. The molecule has 7 N–H and O–H groups in total. The Morgan fingerprint density at radius 1 is 1.16 bits per heavy atom. The van der Waals surface area contributed by atoms with Gasteiger partial charge >= 0.3 is 0 Å². The van der Waals surface area contributed by atoms with E-state index in [0.717, 1.165) is 0 Å². The van der Waals surface area contributed by atoms with E-state index in [1.807, 2.05) is 0 Å². The van der Waals surface area contributed by atoms with Crippen molar-refractivity contribution in [2.45, 2.75) is 30.6 Å². The van der Waals surface area contributed by atoms with Gasteiger partial charge in [0.25, 0.3) is 5.91 Å². The lowest BCUT2D eigenvalue weighted by Crippen LogP contribution is -2.70. The van der Waals surface area contributed by atoms with Gasteiger partial charge in [0.1, 0.15) is 22.8 Å². The fourth-order valence-corrected chi connectivity index (χ4v) is 5.58. The van der Waals surface area contributed by atoms with E-state index in [1.165, 1.54) is 25.1 Å². The maximum absolute atomic E-state index is 13.7. The van der Waals surface area contributed by atoms with Gasteiger partial charge < -0.3 is 31.3 Å². The van der Waals surface area contributed by atoms with Crippen molar-refractivity contribution < 1.29 is 39.9 Å². The van der Waals surface area contributed by atoms with Crippen LogP contribution >= 0.6 is 0 Å².